The van der Waals surface area contributed by atoms with Crippen molar-refractivity contribution in [3.05, 3.63) is 65.5 Å². The highest BCUT2D eigenvalue weighted by Crippen LogP contribution is 2.36. The van der Waals surface area contributed by atoms with Gasteiger partial charge in [0.1, 0.15) is 11.4 Å². The SMILES string of the molecule is COc1cccc(CN2C(=O)N[C@](C)(C3CCN(C(=O)/C=C/c4cccc(F)c4)CC3)C2=O)c1OC. The maximum absolute atomic E-state index is 13.4. The molecule has 4 rings (SSSR count). The number of hydrogen-bond donors (Lipinski definition) is 1. The van der Waals surface area contributed by atoms with Crippen LogP contribution in [-0.4, -0.2) is 60.5 Å². The molecule has 190 valence electrons. The van der Waals surface area contributed by atoms with Gasteiger partial charge in [-0.1, -0.05) is 24.3 Å². The average molecular weight is 496 g/mol. The molecule has 0 bridgehead atoms. The summed E-state index contributed by atoms with van der Waals surface area (Å²) in [7, 11) is 3.04. The number of benzene rings is 2. The van der Waals surface area contributed by atoms with Crippen LogP contribution in [0.15, 0.2) is 48.5 Å². The monoisotopic (exact) mass is 495 g/mol. The standard InChI is InChI=1S/C27H30FN3O5/c1-27(20-12-14-30(15-13-20)23(32)11-10-18-6-4-8-21(28)16-18)25(33)31(26(34)29-27)17-19-7-5-9-22(35-2)24(19)36-3/h4-11,16,20H,12-15,17H2,1-3H3,(H,29,34)/b11-10+/t27-/m1/s1. The van der Waals surface area contributed by atoms with E-state index in [2.05, 4.69) is 5.32 Å². The molecule has 2 aromatic carbocycles. The predicted molar refractivity (Wildman–Crippen MR) is 132 cm³/mol. The van der Waals surface area contributed by atoms with Gasteiger partial charge in [-0.3, -0.25) is 14.5 Å². The number of carbonyl (C=O) groups is 3. The molecule has 2 heterocycles. The van der Waals surface area contributed by atoms with Crippen LogP contribution in [0.3, 0.4) is 0 Å². The molecule has 0 spiro atoms. The van der Waals surface area contributed by atoms with E-state index in [9.17, 15) is 18.8 Å². The molecule has 2 saturated heterocycles. The lowest BCUT2D eigenvalue weighted by Gasteiger charge is -2.38. The van der Waals surface area contributed by atoms with Gasteiger partial charge in [0.05, 0.1) is 20.8 Å². The number of likely N-dealkylation sites (tertiary alicyclic amines) is 1. The first-order chi connectivity index (χ1) is 17.3. The molecule has 2 aromatic rings. The van der Waals surface area contributed by atoms with Gasteiger partial charge in [-0.05, 0) is 55.5 Å². The molecule has 0 aliphatic carbocycles. The molecule has 4 amide bonds. The van der Waals surface area contributed by atoms with E-state index < -0.39 is 11.6 Å². The number of hydrogen-bond acceptors (Lipinski definition) is 5. The molecule has 0 aromatic heterocycles. The number of nitrogens with zero attached hydrogens (tertiary/aromatic N) is 2. The van der Waals surface area contributed by atoms with Crippen molar-refractivity contribution in [1.29, 1.82) is 0 Å². The first kappa shape index (κ1) is 25.2. The number of rotatable bonds is 7. The van der Waals surface area contributed by atoms with Crippen LogP contribution in [-0.2, 0) is 16.1 Å². The van der Waals surface area contributed by atoms with E-state index in [1.54, 1.807) is 48.2 Å². The van der Waals surface area contributed by atoms with Gasteiger partial charge in [-0.2, -0.15) is 0 Å². The van der Waals surface area contributed by atoms with Crippen molar-refractivity contribution in [2.45, 2.75) is 31.8 Å². The lowest BCUT2D eigenvalue weighted by molar-refractivity contribution is -0.134. The smallest absolute Gasteiger partial charge is 0.325 e. The van der Waals surface area contributed by atoms with Crippen LogP contribution in [0.4, 0.5) is 9.18 Å². The average Bonchev–Trinajstić information content (AvgIpc) is 3.10. The van der Waals surface area contributed by atoms with Crippen LogP contribution in [0.25, 0.3) is 6.08 Å². The number of methoxy groups -OCH3 is 2. The second-order valence-corrected chi connectivity index (χ2v) is 9.16. The highest BCUT2D eigenvalue weighted by atomic mass is 19.1. The Bertz CT molecular complexity index is 1190. The third-order valence-electron chi connectivity index (χ3n) is 7.00. The van der Waals surface area contributed by atoms with Crippen LogP contribution in [0.2, 0.25) is 0 Å². The van der Waals surface area contributed by atoms with E-state index >= 15 is 0 Å². The van der Waals surface area contributed by atoms with Crippen molar-refractivity contribution in [1.82, 2.24) is 15.1 Å². The van der Waals surface area contributed by atoms with Gasteiger partial charge in [0, 0.05) is 24.7 Å². The fraction of sp³-hybridized carbons (Fsp3) is 0.370. The van der Waals surface area contributed by atoms with Gasteiger partial charge in [-0.25, -0.2) is 9.18 Å². The largest absolute Gasteiger partial charge is 0.493 e. The Labute approximate surface area is 209 Å². The number of nitrogens with one attached hydrogen (secondary N) is 1. The van der Waals surface area contributed by atoms with Crippen molar-refractivity contribution in [2.24, 2.45) is 5.92 Å². The lowest BCUT2D eigenvalue weighted by atomic mass is 9.79. The maximum Gasteiger partial charge on any atom is 0.325 e. The summed E-state index contributed by atoms with van der Waals surface area (Å²) in [4.78, 5) is 41.8. The van der Waals surface area contributed by atoms with E-state index in [-0.39, 0.29) is 30.1 Å². The number of urea groups is 1. The van der Waals surface area contributed by atoms with Gasteiger partial charge in [0.2, 0.25) is 5.91 Å². The van der Waals surface area contributed by atoms with Gasteiger partial charge in [0.25, 0.3) is 5.91 Å². The highest BCUT2D eigenvalue weighted by molar-refractivity contribution is 6.07. The fourth-order valence-electron chi connectivity index (χ4n) is 4.94. The van der Waals surface area contributed by atoms with Crippen molar-refractivity contribution in [2.75, 3.05) is 27.3 Å². The van der Waals surface area contributed by atoms with Crippen LogP contribution in [0.1, 0.15) is 30.9 Å². The van der Waals surface area contributed by atoms with Crippen LogP contribution < -0.4 is 14.8 Å². The minimum absolute atomic E-state index is 0.0584. The van der Waals surface area contributed by atoms with Gasteiger partial charge in [0.15, 0.2) is 11.5 Å². The van der Waals surface area contributed by atoms with Crippen molar-refractivity contribution in [3.63, 3.8) is 0 Å². The summed E-state index contributed by atoms with van der Waals surface area (Å²) in [6, 6.07) is 10.9. The molecule has 0 radical (unpaired) electrons. The van der Waals surface area contributed by atoms with E-state index in [1.807, 2.05) is 0 Å². The second-order valence-electron chi connectivity index (χ2n) is 9.16. The van der Waals surface area contributed by atoms with Gasteiger partial charge >= 0.3 is 6.03 Å². The van der Waals surface area contributed by atoms with E-state index in [4.69, 9.17) is 9.47 Å². The van der Waals surface area contributed by atoms with E-state index in [0.29, 0.717) is 48.6 Å². The Morgan fingerprint density at radius 1 is 1.14 bits per heavy atom. The Hall–Kier alpha value is -3.88. The summed E-state index contributed by atoms with van der Waals surface area (Å²) in [5.74, 6) is 0.0494. The summed E-state index contributed by atoms with van der Waals surface area (Å²) in [5, 5.41) is 2.89. The van der Waals surface area contributed by atoms with E-state index in [1.165, 1.54) is 37.3 Å². The number of ether oxygens (including phenoxy) is 2. The summed E-state index contributed by atoms with van der Waals surface area (Å²) >= 11 is 0. The minimum Gasteiger partial charge on any atom is -0.493 e. The molecule has 2 aliphatic heterocycles. The Kier molecular flexibility index (Phi) is 7.28. The summed E-state index contributed by atoms with van der Waals surface area (Å²) in [6.45, 7) is 2.73. The molecule has 8 nitrogen and oxygen atoms in total. The Morgan fingerprint density at radius 2 is 1.86 bits per heavy atom. The van der Waals surface area contributed by atoms with Gasteiger partial charge < -0.3 is 19.7 Å². The van der Waals surface area contributed by atoms with Crippen LogP contribution in [0, 0.1) is 11.7 Å². The zero-order chi connectivity index (χ0) is 25.9. The number of para-hydroxylation sites is 1. The third-order valence-corrected chi connectivity index (χ3v) is 7.00. The molecule has 2 aliphatic rings. The summed E-state index contributed by atoms with van der Waals surface area (Å²) < 4.78 is 24.1. The normalized spacial score (nSPS) is 20.7. The Balaban J connectivity index is 1.40. The molecule has 1 atom stereocenters. The molecule has 0 unspecified atom stereocenters. The number of amides is 4. The molecule has 9 heteroatoms. The number of halogens is 1. The zero-order valence-corrected chi connectivity index (χ0v) is 20.6. The Morgan fingerprint density at radius 3 is 2.53 bits per heavy atom. The quantitative estimate of drug-likeness (QED) is 0.468. The molecule has 2 fully saturated rings. The van der Waals surface area contributed by atoms with Crippen LogP contribution >= 0.6 is 0 Å². The predicted octanol–water partition coefficient (Wildman–Crippen LogP) is 3.61. The molecular weight excluding hydrogens is 465 g/mol. The molecular formula is C27H30FN3O5. The topological polar surface area (TPSA) is 88.2 Å². The molecule has 0 saturated carbocycles. The molecule has 1 N–H and O–H groups in total. The lowest BCUT2D eigenvalue weighted by Crippen LogP contribution is -2.54. The zero-order valence-electron chi connectivity index (χ0n) is 20.6. The number of imide groups is 1. The van der Waals surface area contributed by atoms with Crippen LogP contribution in [0.5, 0.6) is 11.5 Å². The third kappa shape index (κ3) is 4.91. The molecule has 36 heavy (non-hydrogen) atoms. The fourth-order valence-corrected chi connectivity index (χ4v) is 4.94. The van der Waals surface area contributed by atoms with Crippen molar-refractivity contribution >= 4 is 23.9 Å². The first-order valence-corrected chi connectivity index (χ1v) is 11.8. The first-order valence-electron chi connectivity index (χ1n) is 11.8. The highest BCUT2D eigenvalue weighted by Gasteiger charge is 2.53. The van der Waals surface area contributed by atoms with Gasteiger partial charge in [-0.15, -0.1) is 0 Å². The maximum atomic E-state index is 13.4. The number of piperidine rings is 1. The summed E-state index contributed by atoms with van der Waals surface area (Å²) in [6.07, 6.45) is 4.16. The minimum atomic E-state index is -1.06. The second kappa shape index (κ2) is 10.4. The summed E-state index contributed by atoms with van der Waals surface area (Å²) in [5.41, 5.74) is 0.211. The van der Waals surface area contributed by atoms with E-state index in [0.717, 1.165) is 0 Å². The van der Waals surface area contributed by atoms with Crippen molar-refractivity contribution in [3.8, 4) is 11.5 Å². The van der Waals surface area contributed by atoms with Crippen molar-refractivity contribution < 1.29 is 28.2 Å². The number of carbonyl (C=O) groups excluding carboxylic acids is 3.